The van der Waals surface area contributed by atoms with Crippen LogP contribution in [0.1, 0.15) is 61.3 Å². The minimum atomic E-state index is 0.494. The summed E-state index contributed by atoms with van der Waals surface area (Å²) in [6.45, 7) is 16.5. The molecule has 0 heterocycles. The van der Waals surface area contributed by atoms with Crippen LogP contribution in [0.25, 0.3) is 0 Å². The molecule has 0 atom stereocenters. The van der Waals surface area contributed by atoms with E-state index in [0.29, 0.717) is 5.31 Å². The number of hydrogen-bond acceptors (Lipinski definition) is 0. The van der Waals surface area contributed by atoms with Crippen LogP contribution in [0.15, 0.2) is 0 Å². The van der Waals surface area contributed by atoms with Crippen LogP contribution in [-0.4, -0.2) is 7.28 Å². The summed E-state index contributed by atoms with van der Waals surface area (Å²) < 4.78 is 0. The van der Waals surface area contributed by atoms with Crippen molar-refractivity contribution in [1.29, 1.82) is 0 Å². The fourth-order valence-electron chi connectivity index (χ4n) is 2.46. The van der Waals surface area contributed by atoms with Crippen LogP contribution in [-0.2, 0) is 0 Å². The van der Waals surface area contributed by atoms with Gasteiger partial charge in [0.25, 0.3) is 0 Å². The molecule has 0 amide bonds. The summed E-state index contributed by atoms with van der Waals surface area (Å²) >= 11 is 0. The molecule has 0 radical (unpaired) electrons. The van der Waals surface area contributed by atoms with E-state index in [0.717, 1.165) is 17.7 Å². The lowest BCUT2D eigenvalue weighted by Crippen LogP contribution is -2.18. The van der Waals surface area contributed by atoms with Gasteiger partial charge in [-0.05, 0) is 11.8 Å². The van der Waals surface area contributed by atoms with Crippen molar-refractivity contribution in [3.63, 3.8) is 0 Å². The van der Waals surface area contributed by atoms with Gasteiger partial charge in [0.1, 0.15) is 7.28 Å². The number of rotatable bonds is 5. The predicted molar refractivity (Wildman–Crippen MR) is 69.5 cm³/mol. The molecule has 0 saturated heterocycles. The molecular weight excluding hydrogens is 167 g/mol. The van der Waals surface area contributed by atoms with Gasteiger partial charge in [0, 0.05) is 0 Å². The fourth-order valence-corrected chi connectivity index (χ4v) is 2.46. The van der Waals surface area contributed by atoms with Crippen LogP contribution in [0.4, 0.5) is 0 Å². The average molecular weight is 196 g/mol. The van der Waals surface area contributed by atoms with E-state index in [1.165, 1.54) is 20.1 Å². The van der Waals surface area contributed by atoms with Crippen molar-refractivity contribution in [2.75, 3.05) is 0 Å². The van der Waals surface area contributed by atoms with Crippen LogP contribution in [0, 0.1) is 11.8 Å². The van der Waals surface area contributed by atoms with Gasteiger partial charge in [0.15, 0.2) is 0 Å². The van der Waals surface area contributed by atoms with Crippen molar-refractivity contribution in [2.24, 2.45) is 11.8 Å². The molecule has 0 aromatic carbocycles. The summed E-state index contributed by atoms with van der Waals surface area (Å²) in [5, 5.41) is 0.494. The van der Waals surface area contributed by atoms with Gasteiger partial charge < -0.3 is 0 Å². The molecule has 0 aromatic heterocycles. The lowest BCUT2D eigenvalue weighted by atomic mass is 9.45. The second-order valence-electron chi connectivity index (χ2n) is 6.89. The van der Waals surface area contributed by atoms with Crippen LogP contribution in [0.3, 0.4) is 0 Å². The Morgan fingerprint density at radius 2 is 1.21 bits per heavy atom. The molecule has 0 saturated carbocycles. The smallest absolute Gasteiger partial charge is 0.0671 e. The van der Waals surface area contributed by atoms with Crippen LogP contribution in [0.5, 0.6) is 0 Å². The van der Waals surface area contributed by atoms with Crippen molar-refractivity contribution >= 4 is 7.28 Å². The number of hydrogen-bond donors (Lipinski definition) is 0. The highest BCUT2D eigenvalue weighted by atomic mass is 14.1. The van der Waals surface area contributed by atoms with Crippen molar-refractivity contribution in [3.05, 3.63) is 0 Å². The molecule has 0 unspecified atom stereocenters. The van der Waals surface area contributed by atoms with Gasteiger partial charge in [-0.1, -0.05) is 72.4 Å². The third-order valence-corrected chi connectivity index (χ3v) is 2.51. The molecule has 1 heteroatoms. The van der Waals surface area contributed by atoms with Gasteiger partial charge in [0.2, 0.25) is 0 Å². The van der Waals surface area contributed by atoms with E-state index < -0.39 is 0 Å². The minimum Gasteiger partial charge on any atom is -0.0671 e. The van der Waals surface area contributed by atoms with Gasteiger partial charge in [-0.15, -0.1) is 0 Å². The summed E-state index contributed by atoms with van der Waals surface area (Å²) in [5.74, 6) is 2.62. The summed E-state index contributed by atoms with van der Waals surface area (Å²) in [6.07, 6.45) is 2.80. The van der Waals surface area contributed by atoms with Gasteiger partial charge in [0.05, 0.1) is 0 Å². The Hall–Kier alpha value is 0.0649. The lowest BCUT2D eigenvalue weighted by Gasteiger charge is -2.27. The first-order valence-electron chi connectivity index (χ1n) is 6.20. The Morgan fingerprint density at radius 3 is 1.43 bits per heavy atom. The van der Waals surface area contributed by atoms with E-state index in [-0.39, 0.29) is 0 Å². The second-order valence-corrected chi connectivity index (χ2v) is 6.89. The molecule has 0 aliphatic rings. The molecule has 0 rings (SSSR count). The maximum Gasteiger partial charge on any atom is 0.130 e. The highest BCUT2D eigenvalue weighted by molar-refractivity contribution is 6.41. The quantitative estimate of drug-likeness (QED) is 0.567. The predicted octanol–water partition coefficient (Wildman–Crippen LogP) is 4.52. The third-order valence-electron chi connectivity index (χ3n) is 2.51. The van der Waals surface area contributed by atoms with E-state index in [4.69, 9.17) is 0 Å². The Balaban J connectivity index is 4.11. The molecule has 0 fully saturated rings. The van der Waals surface area contributed by atoms with Crippen molar-refractivity contribution < 1.29 is 0 Å². The molecule has 0 aromatic rings. The van der Waals surface area contributed by atoms with Crippen LogP contribution in [0.2, 0.25) is 11.1 Å². The topological polar surface area (TPSA) is 0 Å². The van der Waals surface area contributed by atoms with Crippen molar-refractivity contribution in [2.45, 2.75) is 72.4 Å². The maximum atomic E-state index is 2.36. The molecule has 0 aliphatic heterocycles. The molecule has 0 N–H and O–H groups in total. The first-order chi connectivity index (χ1) is 6.20. The van der Waals surface area contributed by atoms with Crippen molar-refractivity contribution in [3.8, 4) is 0 Å². The van der Waals surface area contributed by atoms with Gasteiger partial charge >= 0.3 is 0 Å². The summed E-state index contributed by atoms with van der Waals surface area (Å²) in [7, 11) is 1.38. The first-order valence-corrected chi connectivity index (χ1v) is 6.20. The lowest BCUT2D eigenvalue weighted by molar-refractivity contribution is 0.470. The Kier molecular flexibility index (Phi) is 5.85. The molecule has 84 valence electrons. The normalized spacial score (nSPS) is 13.0. The van der Waals surface area contributed by atoms with Crippen LogP contribution >= 0.6 is 0 Å². The van der Waals surface area contributed by atoms with E-state index >= 15 is 0 Å². The monoisotopic (exact) mass is 196 g/mol. The summed E-state index contributed by atoms with van der Waals surface area (Å²) in [6, 6.07) is 0. The zero-order valence-electron chi connectivity index (χ0n) is 11.4. The Labute approximate surface area is 92.1 Å². The van der Waals surface area contributed by atoms with E-state index in [9.17, 15) is 0 Å². The maximum absolute atomic E-state index is 2.36. The summed E-state index contributed by atoms with van der Waals surface area (Å²) in [5.41, 5.74) is 0. The Bertz CT molecular complexity index is 132. The van der Waals surface area contributed by atoms with E-state index in [1.807, 2.05) is 0 Å². The highest BCUT2D eigenvalue weighted by Gasteiger charge is 2.22. The van der Waals surface area contributed by atoms with Gasteiger partial charge in [-0.25, -0.2) is 0 Å². The van der Waals surface area contributed by atoms with Gasteiger partial charge in [-0.3, -0.25) is 0 Å². The molecule has 0 bridgehead atoms. The highest BCUT2D eigenvalue weighted by Crippen LogP contribution is 2.33. The van der Waals surface area contributed by atoms with Crippen molar-refractivity contribution in [1.82, 2.24) is 0 Å². The third kappa shape index (κ3) is 8.65. The largest absolute Gasteiger partial charge is 0.130 e. The minimum absolute atomic E-state index is 0.494. The molecular formula is C13H29B. The standard InChI is InChI=1S/C13H29B/c1-10(2)8-12(9-11(3)4)14-13(5,6)7/h10-12,14H,8-9H2,1-7H3. The van der Waals surface area contributed by atoms with E-state index in [2.05, 4.69) is 48.5 Å². The zero-order chi connectivity index (χ0) is 11.4. The fraction of sp³-hybridized carbons (Fsp3) is 1.00. The summed E-state index contributed by atoms with van der Waals surface area (Å²) in [4.78, 5) is 0. The molecule has 0 nitrogen and oxygen atoms in total. The molecule has 14 heavy (non-hydrogen) atoms. The SMILES string of the molecule is CC(C)CC(BC(C)(C)C)CC(C)C. The average Bonchev–Trinajstić information content (AvgIpc) is 1.77. The molecule has 0 spiro atoms. The Morgan fingerprint density at radius 1 is 0.857 bits per heavy atom. The van der Waals surface area contributed by atoms with Gasteiger partial charge in [-0.2, -0.15) is 0 Å². The first kappa shape index (κ1) is 14.1. The molecule has 0 aliphatic carbocycles. The zero-order valence-corrected chi connectivity index (χ0v) is 11.4. The second kappa shape index (κ2) is 5.83. The van der Waals surface area contributed by atoms with E-state index in [1.54, 1.807) is 0 Å². The van der Waals surface area contributed by atoms with Crippen LogP contribution < -0.4 is 0 Å².